The smallest absolute Gasteiger partial charge is 0.295 e. The lowest BCUT2D eigenvalue weighted by Crippen LogP contribution is -2.33. The van der Waals surface area contributed by atoms with Gasteiger partial charge in [-0.2, -0.15) is 0 Å². The number of halogens is 1. The van der Waals surface area contributed by atoms with Gasteiger partial charge in [-0.25, -0.2) is 0 Å². The van der Waals surface area contributed by atoms with Crippen LogP contribution in [0.15, 0.2) is 60.2 Å². The molecule has 1 aliphatic rings. The summed E-state index contributed by atoms with van der Waals surface area (Å²) < 4.78 is 0. The van der Waals surface area contributed by atoms with Gasteiger partial charge in [0.15, 0.2) is 0 Å². The van der Waals surface area contributed by atoms with Crippen molar-refractivity contribution in [3.63, 3.8) is 0 Å². The van der Waals surface area contributed by atoms with Crippen LogP contribution in [0.2, 0.25) is 5.02 Å². The van der Waals surface area contributed by atoms with Crippen LogP contribution in [0.5, 0.6) is 0 Å². The minimum Gasteiger partial charge on any atom is -0.507 e. The molecule has 1 heterocycles. The third-order valence-electron chi connectivity index (χ3n) is 5.52. The van der Waals surface area contributed by atoms with Crippen molar-refractivity contribution in [3.8, 4) is 0 Å². The normalized spacial score (nSPS) is 18.4. The van der Waals surface area contributed by atoms with E-state index in [1.165, 1.54) is 0 Å². The van der Waals surface area contributed by atoms with E-state index in [1.807, 2.05) is 12.1 Å². The predicted molar refractivity (Wildman–Crippen MR) is 119 cm³/mol. The molecule has 1 aliphatic heterocycles. The number of carbonyl (C=O) groups is 2. The first-order chi connectivity index (χ1) is 14.5. The Labute approximate surface area is 182 Å². The van der Waals surface area contributed by atoms with Gasteiger partial charge >= 0.3 is 0 Å². The SMILES string of the molecule is CCN(CC)CCCN1C(=O)C(=O)/C(=C(/O)c2ccccc2)C1c1cccc(Cl)c1. The van der Waals surface area contributed by atoms with E-state index in [4.69, 9.17) is 11.6 Å². The number of ketones is 1. The Morgan fingerprint density at radius 3 is 2.40 bits per heavy atom. The van der Waals surface area contributed by atoms with Crippen LogP contribution in [0.4, 0.5) is 0 Å². The topological polar surface area (TPSA) is 60.9 Å². The van der Waals surface area contributed by atoms with Gasteiger partial charge in [0.25, 0.3) is 11.7 Å². The zero-order valence-corrected chi connectivity index (χ0v) is 18.1. The number of rotatable bonds is 8. The Kier molecular flexibility index (Phi) is 7.29. The van der Waals surface area contributed by atoms with Crippen molar-refractivity contribution < 1.29 is 14.7 Å². The van der Waals surface area contributed by atoms with E-state index in [1.54, 1.807) is 47.4 Å². The lowest BCUT2D eigenvalue weighted by atomic mass is 9.95. The molecule has 0 saturated carbocycles. The van der Waals surface area contributed by atoms with Crippen LogP contribution in [0, 0.1) is 0 Å². The number of benzene rings is 2. The van der Waals surface area contributed by atoms with E-state index in [-0.39, 0.29) is 11.3 Å². The zero-order valence-electron chi connectivity index (χ0n) is 17.3. The van der Waals surface area contributed by atoms with Crippen molar-refractivity contribution in [2.45, 2.75) is 26.3 Å². The second kappa shape index (κ2) is 9.92. The number of amides is 1. The van der Waals surface area contributed by atoms with Crippen molar-refractivity contribution in [1.82, 2.24) is 9.80 Å². The highest BCUT2D eigenvalue weighted by atomic mass is 35.5. The molecule has 1 fully saturated rings. The van der Waals surface area contributed by atoms with Crippen molar-refractivity contribution in [2.24, 2.45) is 0 Å². The molecule has 5 nitrogen and oxygen atoms in total. The molecule has 2 aromatic carbocycles. The van der Waals surface area contributed by atoms with Gasteiger partial charge in [0.2, 0.25) is 0 Å². The molecule has 1 amide bonds. The molecule has 0 aromatic heterocycles. The third kappa shape index (κ3) is 4.58. The summed E-state index contributed by atoms with van der Waals surface area (Å²) in [5.74, 6) is -1.41. The van der Waals surface area contributed by atoms with Gasteiger partial charge in [-0.15, -0.1) is 0 Å². The van der Waals surface area contributed by atoms with Crippen molar-refractivity contribution >= 4 is 29.1 Å². The summed E-state index contributed by atoms with van der Waals surface area (Å²) in [6.45, 7) is 7.31. The van der Waals surface area contributed by atoms with E-state index in [0.29, 0.717) is 22.7 Å². The molecular formula is C24H27ClN2O3. The number of carbonyl (C=O) groups excluding carboxylic acids is 2. The van der Waals surface area contributed by atoms with Crippen LogP contribution in [0.1, 0.15) is 37.4 Å². The minimum absolute atomic E-state index is 0.108. The van der Waals surface area contributed by atoms with Crippen LogP contribution < -0.4 is 0 Å². The number of likely N-dealkylation sites (tertiary alicyclic amines) is 1. The highest BCUT2D eigenvalue weighted by molar-refractivity contribution is 6.46. The van der Waals surface area contributed by atoms with Gasteiger partial charge in [-0.1, -0.05) is 67.9 Å². The first kappa shape index (κ1) is 22.1. The number of hydrogen-bond acceptors (Lipinski definition) is 4. The number of hydrogen-bond donors (Lipinski definition) is 1. The maximum Gasteiger partial charge on any atom is 0.295 e. The fourth-order valence-electron chi connectivity index (χ4n) is 3.89. The third-order valence-corrected chi connectivity index (χ3v) is 5.75. The first-order valence-electron chi connectivity index (χ1n) is 10.3. The van der Waals surface area contributed by atoms with Gasteiger partial charge in [0.05, 0.1) is 11.6 Å². The number of Topliss-reactive ketones (excluding diaryl/α,β-unsaturated/α-hetero) is 1. The van der Waals surface area contributed by atoms with Crippen molar-refractivity contribution in [2.75, 3.05) is 26.2 Å². The molecule has 0 aliphatic carbocycles. The average molecular weight is 427 g/mol. The summed E-state index contributed by atoms with van der Waals surface area (Å²) >= 11 is 6.20. The molecule has 1 unspecified atom stereocenters. The molecule has 0 radical (unpaired) electrons. The van der Waals surface area contributed by atoms with Gasteiger partial charge in [0, 0.05) is 17.1 Å². The summed E-state index contributed by atoms with van der Waals surface area (Å²) in [6.07, 6.45) is 0.733. The van der Waals surface area contributed by atoms with E-state index in [0.717, 1.165) is 26.1 Å². The second-order valence-electron chi connectivity index (χ2n) is 7.29. The maximum atomic E-state index is 13.0. The Hall–Kier alpha value is -2.63. The van der Waals surface area contributed by atoms with Crippen LogP contribution >= 0.6 is 11.6 Å². The van der Waals surface area contributed by atoms with Gasteiger partial charge in [0.1, 0.15) is 5.76 Å². The summed E-state index contributed by atoms with van der Waals surface area (Å²) in [5, 5.41) is 11.5. The molecule has 2 aromatic rings. The number of nitrogens with zero attached hydrogens (tertiary/aromatic N) is 2. The molecule has 3 rings (SSSR count). The number of aliphatic hydroxyl groups is 1. The summed E-state index contributed by atoms with van der Waals surface area (Å²) in [7, 11) is 0. The zero-order chi connectivity index (χ0) is 21.7. The van der Waals surface area contributed by atoms with Crippen LogP contribution in [0.25, 0.3) is 5.76 Å². The Morgan fingerprint density at radius 2 is 1.77 bits per heavy atom. The lowest BCUT2D eigenvalue weighted by molar-refractivity contribution is -0.140. The highest BCUT2D eigenvalue weighted by Crippen LogP contribution is 2.40. The first-order valence-corrected chi connectivity index (χ1v) is 10.7. The molecule has 1 atom stereocenters. The minimum atomic E-state index is -0.666. The van der Waals surface area contributed by atoms with Crippen molar-refractivity contribution in [1.29, 1.82) is 0 Å². The van der Waals surface area contributed by atoms with E-state index >= 15 is 0 Å². The highest BCUT2D eigenvalue weighted by Gasteiger charge is 2.45. The fourth-order valence-corrected chi connectivity index (χ4v) is 4.09. The largest absolute Gasteiger partial charge is 0.507 e. The molecule has 30 heavy (non-hydrogen) atoms. The molecule has 1 saturated heterocycles. The molecular weight excluding hydrogens is 400 g/mol. The van der Waals surface area contributed by atoms with E-state index in [2.05, 4.69) is 18.7 Å². The monoisotopic (exact) mass is 426 g/mol. The predicted octanol–water partition coefficient (Wildman–Crippen LogP) is 4.49. The molecule has 6 heteroatoms. The maximum absolute atomic E-state index is 13.0. The quantitative estimate of drug-likeness (QED) is 0.383. The molecule has 1 N–H and O–H groups in total. The summed E-state index contributed by atoms with van der Waals surface area (Å²) in [4.78, 5) is 29.7. The Balaban J connectivity index is 2.01. The molecule has 158 valence electrons. The summed E-state index contributed by atoms with van der Waals surface area (Å²) in [6, 6.07) is 15.3. The van der Waals surface area contributed by atoms with Gasteiger partial charge in [-0.3, -0.25) is 9.59 Å². The molecule has 0 bridgehead atoms. The van der Waals surface area contributed by atoms with Crippen molar-refractivity contribution in [3.05, 3.63) is 76.3 Å². The fraction of sp³-hybridized carbons (Fsp3) is 0.333. The van der Waals surface area contributed by atoms with E-state index < -0.39 is 17.7 Å². The molecule has 0 spiro atoms. The average Bonchev–Trinajstić information content (AvgIpc) is 3.02. The van der Waals surface area contributed by atoms with Gasteiger partial charge < -0.3 is 14.9 Å². The van der Waals surface area contributed by atoms with Crippen LogP contribution in [0.3, 0.4) is 0 Å². The number of aliphatic hydroxyl groups excluding tert-OH is 1. The standard InChI is InChI=1S/C24H27ClN2O3/c1-3-26(4-2)14-9-15-27-21(18-12-8-13-19(25)16-18)20(23(29)24(27)30)22(28)17-10-6-5-7-11-17/h5-8,10-13,16,21,28H,3-4,9,14-15H2,1-2H3/b22-20+. The van der Waals surface area contributed by atoms with Gasteiger partial charge in [-0.05, 0) is 43.8 Å². The summed E-state index contributed by atoms with van der Waals surface area (Å²) in [5.41, 5.74) is 1.32. The lowest BCUT2D eigenvalue weighted by Gasteiger charge is -2.27. The van der Waals surface area contributed by atoms with Crippen LogP contribution in [-0.2, 0) is 9.59 Å². The second-order valence-corrected chi connectivity index (χ2v) is 7.73. The Bertz CT molecular complexity index is 938. The van der Waals surface area contributed by atoms with E-state index in [9.17, 15) is 14.7 Å². The van der Waals surface area contributed by atoms with Crippen LogP contribution in [-0.4, -0.2) is 52.8 Å². The Morgan fingerprint density at radius 1 is 1.07 bits per heavy atom.